The third kappa shape index (κ3) is 4.28. The van der Waals surface area contributed by atoms with Crippen LogP contribution in [-0.2, 0) is 5.75 Å². The molecule has 0 fully saturated rings. The number of thioether (sulfide) groups is 1. The molecule has 1 N–H and O–H groups in total. The number of rotatable bonds is 5. The molecule has 4 heteroatoms. The fourth-order valence-electron chi connectivity index (χ4n) is 2.39. The first kappa shape index (κ1) is 16.8. The van der Waals surface area contributed by atoms with Crippen LogP contribution in [0.2, 0.25) is 0 Å². The monoisotopic (exact) mass is 344 g/mol. The fraction of sp³-hybridized carbons (Fsp3) is 0.0476. The quantitative estimate of drug-likeness (QED) is 0.655. The largest absolute Gasteiger partial charge is 0.321 e. The second kappa shape index (κ2) is 8.18. The molecule has 1 amide bonds. The molecule has 122 valence electrons. The van der Waals surface area contributed by atoms with Crippen molar-refractivity contribution < 1.29 is 4.79 Å². The highest BCUT2D eigenvalue weighted by Gasteiger charge is 2.13. The number of nitrogens with one attached hydrogen (secondary N) is 1. The van der Waals surface area contributed by atoms with Crippen LogP contribution in [0.5, 0.6) is 0 Å². The van der Waals surface area contributed by atoms with Gasteiger partial charge in [-0.1, -0.05) is 54.6 Å². The van der Waals surface area contributed by atoms with E-state index in [1.165, 1.54) is 5.56 Å². The number of carbonyl (C=O) groups is 1. The maximum Gasteiger partial charge on any atom is 0.256 e. The van der Waals surface area contributed by atoms with Crippen molar-refractivity contribution >= 4 is 23.4 Å². The first-order chi connectivity index (χ1) is 12.3. The molecule has 25 heavy (non-hydrogen) atoms. The van der Waals surface area contributed by atoms with Gasteiger partial charge in [0.05, 0.1) is 16.8 Å². The molecule has 0 heterocycles. The van der Waals surface area contributed by atoms with Crippen LogP contribution in [0.4, 0.5) is 5.69 Å². The first-order valence-electron chi connectivity index (χ1n) is 7.84. The average Bonchev–Trinajstić information content (AvgIpc) is 2.68. The summed E-state index contributed by atoms with van der Waals surface area (Å²) in [6.45, 7) is 0. The van der Waals surface area contributed by atoms with E-state index in [0.29, 0.717) is 16.8 Å². The van der Waals surface area contributed by atoms with Crippen LogP contribution in [0, 0.1) is 11.3 Å². The smallest absolute Gasteiger partial charge is 0.256 e. The van der Waals surface area contributed by atoms with E-state index in [0.717, 1.165) is 10.6 Å². The molecule has 0 aliphatic rings. The number of carbonyl (C=O) groups excluding carboxylic acids is 1. The van der Waals surface area contributed by atoms with Crippen LogP contribution in [0.15, 0.2) is 83.8 Å². The van der Waals surface area contributed by atoms with E-state index in [9.17, 15) is 4.79 Å². The Kier molecular flexibility index (Phi) is 5.50. The summed E-state index contributed by atoms with van der Waals surface area (Å²) in [5, 5.41) is 12.0. The Balaban J connectivity index is 1.78. The van der Waals surface area contributed by atoms with Gasteiger partial charge < -0.3 is 5.32 Å². The summed E-state index contributed by atoms with van der Waals surface area (Å²) in [5.74, 6) is 0.582. The van der Waals surface area contributed by atoms with Crippen LogP contribution >= 0.6 is 11.8 Å². The van der Waals surface area contributed by atoms with E-state index < -0.39 is 0 Å². The third-order valence-electron chi connectivity index (χ3n) is 3.66. The van der Waals surface area contributed by atoms with Gasteiger partial charge in [0.15, 0.2) is 0 Å². The molecule has 0 aliphatic carbocycles. The highest BCUT2D eigenvalue weighted by Crippen LogP contribution is 2.27. The van der Waals surface area contributed by atoms with Gasteiger partial charge in [0.25, 0.3) is 5.91 Å². The Bertz CT molecular complexity index is 916. The Hall–Kier alpha value is -3.03. The molecule has 0 spiro atoms. The van der Waals surface area contributed by atoms with Crippen molar-refractivity contribution in [2.45, 2.75) is 10.6 Å². The average molecular weight is 344 g/mol. The molecule has 3 aromatic rings. The van der Waals surface area contributed by atoms with Crippen LogP contribution in [0.1, 0.15) is 21.5 Å². The highest BCUT2D eigenvalue weighted by atomic mass is 32.2. The number of nitrogens with zero attached hydrogens (tertiary/aromatic N) is 1. The number of nitriles is 1. The lowest BCUT2D eigenvalue weighted by Crippen LogP contribution is -2.13. The summed E-state index contributed by atoms with van der Waals surface area (Å²) in [4.78, 5) is 13.6. The molecule has 0 saturated carbocycles. The molecule has 0 atom stereocenters. The van der Waals surface area contributed by atoms with Crippen molar-refractivity contribution in [2.75, 3.05) is 5.32 Å². The van der Waals surface area contributed by atoms with Gasteiger partial charge in [-0.2, -0.15) is 5.26 Å². The third-order valence-corrected chi connectivity index (χ3v) is 4.81. The molecule has 0 unspecified atom stereocenters. The SMILES string of the molecule is N#Cc1ccccc1NC(=O)c1ccccc1SCc1ccccc1. The summed E-state index contributed by atoms with van der Waals surface area (Å²) in [7, 11) is 0. The first-order valence-corrected chi connectivity index (χ1v) is 8.83. The number of benzene rings is 3. The topological polar surface area (TPSA) is 52.9 Å². The predicted octanol–water partition coefficient (Wildman–Crippen LogP) is 5.10. The summed E-state index contributed by atoms with van der Waals surface area (Å²) in [6.07, 6.45) is 0. The molecule has 0 bridgehead atoms. The molecule has 3 nitrogen and oxygen atoms in total. The molecule has 0 radical (unpaired) electrons. The Morgan fingerprint density at radius 1 is 0.920 bits per heavy atom. The lowest BCUT2D eigenvalue weighted by molar-refractivity contribution is 0.102. The minimum atomic E-state index is -0.209. The fourth-order valence-corrected chi connectivity index (χ4v) is 3.40. The molecule has 0 aliphatic heterocycles. The van der Waals surface area contributed by atoms with Crippen molar-refractivity contribution in [2.24, 2.45) is 0 Å². The van der Waals surface area contributed by atoms with Crippen LogP contribution < -0.4 is 5.32 Å². The van der Waals surface area contributed by atoms with E-state index in [1.807, 2.05) is 36.4 Å². The van der Waals surface area contributed by atoms with Gasteiger partial charge in [0.2, 0.25) is 0 Å². The standard InChI is InChI=1S/C21H16N2OS/c22-14-17-10-4-6-12-19(17)23-21(24)18-11-5-7-13-20(18)25-15-16-8-2-1-3-9-16/h1-13H,15H2,(H,23,24). The van der Waals surface area contributed by atoms with E-state index >= 15 is 0 Å². The Morgan fingerprint density at radius 3 is 2.40 bits per heavy atom. The van der Waals surface area contributed by atoms with Gasteiger partial charge in [-0.05, 0) is 29.8 Å². The van der Waals surface area contributed by atoms with Gasteiger partial charge in [-0.15, -0.1) is 11.8 Å². The van der Waals surface area contributed by atoms with Gasteiger partial charge in [-0.3, -0.25) is 4.79 Å². The van der Waals surface area contributed by atoms with Gasteiger partial charge in [0, 0.05) is 10.6 Å². The summed E-state index contributed by atoms with van der Waals surface area (Å²) >= 11 is 1.62. The summed E-state index contributed by atoms with van der Waals surface area (Å²) < 4.78 is 0. The zero-order valence-corrected chi connectivity index (χ0v) is 14.3. The maximum absolute atomic E-state index is 12.7. The number of hydrogen-bond acceptors (Lipinski definition) is 3. The lowest BCUT2D eigenvalue weighted by Gasteiger charge is -2.11. The molecular weight excluding hydrogens is 328 g/mol. The lowest BCUT2D eigenvalue weighted by atomic mass is 10.1. The molecule has 3 rings (SSSR count). The number of para-hydroxylation sites is 1. The van der Waals surface area contributed by atoms with Gasteiger partial charge >= 0.3 is 0 Å². The molecule has 0 aromatic heterocycles. The second-order valence-corrected chi connectivity index (χ2v) is 6.40. The summed E-state index contributed by atoms with van der Waals surface area (Å²) in [6, 6.07) is 26.7. The minimum Gasteiger partial charge on any atom is -0.321 e. The van der Waals surface area contributed by atoms with Gasteiger partial charge in [-0.25, -0.2) is 0 Å². The van der Waals surface area contributed by atoms with Crippen molar-refractivity contribution in [1.29, 1.82) is 5.26 Å². The van der Waals surface area contributed by atoms with E-state index in [-0.39, 0.29) is 5.91 Å². The second-order valence-electron chi connectivity index (χ2n) is 5.38. The molecule has 3 aromatic carbocycles. The van der Waals surface area contributed by atoms with Gasteiger partial charge in [0.1, 0.15) is 6.07 Å². The van der Waals surface area contributed by atoms with Crippen molar-refractivity contribution in [3.05, 3.63) is 95.6 Å². The number of amides is 1. The Morgan fingerprint density at radius 2 is 1.60 bits per heavy atom. The van der Waals surface area contributed by atoms with Crippen molar-refractivity contribution in [3.8, 4) is 6.07 Å². The molecular formula is C21H16N2OS. The van der Waals surface area contributed by atoms with Crippen LogP contribution in [0.25, 0.3) is 0 Å². The normalized spacial score (nSPS) is 10.0. The molecule has 0 saturated heterocycles. The minimum absolute atomic E-state index is 0.209. The number of hydrogen-bond donors (Lipinski definition) is 1. The van der Waals surface area contributed by atoms with E-state index in [4.69, 9.17) is 5.26 Å². The maximum atomic E-state index is 12.7. The van der Waals surface area contributed by atoms with E-state index in [1.54, 1.807) is 42.1 Å². The van der Waals surface area contributed by atoms with Crippen molar-refractivity contribution in [3.63, 3.8) is 0 Å². The summed E-state index contributed by atoms with van der Waals surface area (Å²) in [5.41, 5.74) is 2.79. The number of anilines is 1. The zero-order valence-electron chi connectivity index (χ0n) is 13.5. The Labute approximate surface area is 151 Å². The van der Waals surface area contributed by atoms with E-state index in [2.05, 4.69) is 23.5 Å². The van der Waals surface area contributed by atoms with Crippen molar-refractivity contribution in [1.82, 2.24) is 0 Å². The van der Waals surface area contributed by atoms with Crippen LogP contribution in [-0.4, -0.2) is 5.91 Å². The zero-order chi connectivity index (χ0) is 17.5. The predicted molar refractivity (Wildman–Crippen MR) is 102 cm³/mol. The van der Waals surface area contributed by atoms with Crippen LogP contribution in [0.3, 0.4) is 0 Å². The highest BCUT2D eigenvalue weighted by molar-refractivity contribution is 7.98.